The maximum atomic E-state index is 11.7. The lowest BCUT2D eigenvalue weighted by molar-refractivity contribution is -0.151. The van der Waals surface area contributed by atoms with Crippen LogP contribution in [0.15, 0.2) is 0 Å². The molecule has 0 saturated carbocycles. The Morgan fingerprint density at radius 2 is 2.14 bits per heavy atom. The van der Waals surface area contributed by atoms with Crippen molar-refractivity contribution in [1.82, 2.24) is 4.90 Å². The van der Waals surface area contributed by atoms with Crippen LogP contribution in [0.5, 0.6) is 0 Å². The molecule has 14 heavy (non-hydrogen) atoms. The van der Waals surface area contributed by atoms with Crippen LogP contribution in [0.4, 0.5) is 0 Å². The van der Waals surface area contributed by atoms with Crippen LogP contribution in [-0.4, -0.2) is 44.4 Å². The van der Waals surface area contributed by atoms with Crippen molar-refractivity contribution in [3.8, 4) is 0 Å². The van der Waals surface area contributed by atoms with Crippen molar-refractivity contribution in [2.45, 2.75) is 26.1 Å². The van der Waals surface area contributed by atoms with Gasteiger partial charge in [0.25, 0.3) is 0 Å². The Morgan fingerprint density at radius 3 is 2.71 bits per heavy atom. The van der Waals surface area contributed by atoms with Gasteiger partial charge in [-0.05, 0) is 12.8 Å². The maximum absolute atomic E-state index is 11.7. The van der Waals surface area contributed by atoms with E-state index in [9.17, 15) is 4.79 Å². The highest BCUT2D eigenvalue weighted by Crippen LogP contribution is 2.17. The van der Waals surface area contributed by atoms with Crippen molar-refractivity contribution in [3.05, 3.63) is 0 Å². The van der Waals surface area contributed by atoms with E-state index in [0.717, 1.165) is 19.4 Å². The largest absolute Gasteiger partial charge is 0.354 e. The van der Waals surface area contributed by atoms with Crippen molar-refractivity contribution >= 4 is 5.91 Å². The minimum Gasteiger partial charge on any atom is -0.354 e. The molecule has 0 aliphatic carbocycles. The molecule has 1 saturated heterocycles. The van der Waals surface area contributed by atoms with Crippen LogP contribution in [0, 0.1) is 5.92 Å². The van der Waals surface area contributed by atoms with E-state index in [0.29, 0.717) is 6.54 Å². The highest BCUT2D eigenvalue weighted by molar-refractivity contribution is 5.79. The number of nitrogens with zero attached hydrogens (tertiary/aromatic N) is 1. The van der Waals surface area contributed by atoms with Crippen molar-refractivity contribution < 1.29 is 14.3 Å². The first kappa shape index (κ1) is 11.5. The molecule has 4 nitrogen and oxygen atoms in total. The molecule has 0 aromatic carbocycles. The summed E-state index contributed by atoms with van der Waals surface area (Å²) < 4.78 is 10.1. The number of methoxy groups -OCH3 is 2. The average Bonchev–Trinajstić information content (AvgIpc) is 2.20. The van der Waals surface area contributed by atoms with Crippen LogP contribution in [0.25, 0.3) is 0 Å². The van der Waals surface area contributed by atoms with E-state index in [4.69, 9.17) is 9.47 Å². The lowest BCUT2D eigenvalue weighted by Gasteiger charge is -2.32. The first-order valence-corrected chi connectivity index (χ1v) is 5.03. The fraction of sp³-hybridized carbons (Fsp3) is 0.900. The van der Waals surface area contributed by atoms with Gasteiger partial charge in [-0.25, -0.2) is 0 Å². The molecule has 1 fully saturated rings. The van der Waals surface area contributed by atoms with E-state index in [1.165, 1.54) is 0 Å². The Kier molecular flexibility index (Phi) is 4.35. The molecule has 1 aliphatic heterocycles. The van der Waals surface area contributed by atoms with Gasteiger partial charge in [0, 0.05) is 26.7 Å². The minimum atomic E-state index is -0.302. The summed E-state index contributed by atoms with van der Waals surface area (Å²) in [5, 5.41) is 0. The first-order valence-electron chi connectivity index (χ1n) is 5.03. The zero-order valence-corrected chi connectivity index (χ0v) is 9.16. The Labute approximate surface area is 85.2 Å². The van der Waals surface area contributed by atoms with E-state index >= 15 is 0 Å². The molecule has 1 aliphatic rings. The van der Waals surface area contributed by atoms with Crippen LogP contribution in [-0.2, 0) is 14.3 Å². The highest BCUT2D eigenvalue weighted by atomic mass is 16.7. The molecule has 0 spiro atoms. The molecule has 1 unspecified atom stereocenters. The predicted octanol–water partition coefficient (Wildman–Crippen LogP) is 0.864. The third-order valence-corrected chi connectivity index (χ3v) is 2.69. The van der Waals surface area contributed by atoms with Crippen molar-refractivity contribution in [2.24, 2.45) is 5.92 Å². The Bertz CT molecular complexity index is 192. The molecule has 82 valence electrons. The molecule has 1 heterocycles. The van der Waals surface area contributed by atoms with Gasteiger partial charge in [-0.15, -0.1) is 0 Å². The number of piperidine rings is 1. The first-order chi connectivity index (χ1) is 6.69. The van der Waals surface area contributed by atoms with Gasteiger partial charge in [-0.1, -0.05) is 6.92 Å². The molecule has 0 radical (unpaired) electrons. The Hall–Kier alpha value is -0.610. The summed E-state index contributed by atoms with van der Waals surface area (Å²) in [5.41, 5.74) is 0. The van der Waals surface area contributed by atoms with Crippen LogP contribution in [0.1, 0.15) is 19.8 Å². The van der Waals surface area contributed by atoms with Crippen LogP contribution < -0.4 is 0 Å². The van der Waals surface area contributed by atoms with Gasteiger partial charge in [0.05, 0.1) is 6.54 Å². The molecular weight excluding hydrogens is 182 g/mol. The quantitative estimate of drug-likeness (QED) is 0.633. The average molecular weight is 201 g/mol. The number of amides is 1. The number of carbonyl (C=O) groups excluding carboxylic acids is 1. The Balaban J connectivity index is 2.46. The summed E-state index contributed by atoms with van der Waals surface area (Å²) in [4.78, 5) is 13.5. The molecule has 0 aromatic rings. The van der Waals surface area contributed by atoms with Crippen molar-refractivity contribution in [3.63, 3.8) is 0 Å². The monoisotopic (exact) mass is 201 g/mol. The van der Waals surface area contributed by atoms with E-state index in [-0.39, 0.29) is 18.1 Å². The second-order valence-corrected chi connectivity index (χ2v) is 3.73. The lowest BCUT2D eigenvalue weighted by atomic mass is 9.99. The number of ether oxygens (including phenoxy) is 2. The van der Waals surface area contributed by atoms with E-state index in [1.54, 1.807) is 14.2 Å². The SMILES string of the molecule is COC(CN1CCCC(C)C1=O)OC. The summed E-state index contributed by atoms with van der Waals surface area (Å²) >= 11 is 0. The summed E-state index contributed by atoms with van der Waals surface area (Å²) in [6.07, 6.45) is 1.77. The summed E-state index contributed by atoms with van der Waals surface area (Å²) in [6.45, 7) is 3.34. The molecular formula is C10H19NO3. The molecule has 0 aromatic heterocycles. The number of hydrogen-bond acceptors (Lipinski definition) is 3. The van der Waals surface area contributed by atoms with E-state index < -0.39 is 0 Å². The van der Waals surface area contributed by atoms with Gasteiger partial charge < -0.3 is 14.4 Å². The number of rotatable bonds is 4. The zero-order valence-electron chi connectivity index (χ0n) is 9.16. The summed E-state index contributed by atoms with van der Waals surface area (Å²) in [7, 11) is 3.18. The number of hydrogen-bond donors (Lipinski definition) is 0. The number of carbonyl (C=O) groups is 1. The Morgan fingerprint density at radius 1 is 1.50 bits per heavy atom. The standard InChI is InChI=1S/C10H19NO3/c1-8-5-4-6-11(10(8)12)7-9(13-2)14-3/h8-9H,4-7H2,1-3H3. The molecule has 1 amide bonds. The van der Waals surface area contributed by atoms with Gasteiger partial charge in [-0.3, -0.25) is 4.79 Å². The van der Waals surface area contributed by atoms with E-state index in [2.05, 4.69) is 0 Å². The van der Waals surface area contributed by atoms with Crippen molar-refractivity contribution in [2.75, 3.05) is 27.3 Å². The smallest absolute Gasteiger partial charge is 0.225 e. The molecule has 1 atom stereocenters. The van der Waals surface area contributed by atoms with Crippen molar-refractivity contribution in [1.29, 1.82) is 0 Å². The van der Waals surface area contributed by atoms with Gasteiger partial charge in [-0.2, -0.15) is 0 Å². The molecule has 4 heteroatoms. The van der Waals surface area contributed by atoms with Gasteiger partial charge >= 0.3 is 0 Å². The van der Waals surface area contributed by atoms with Crippen LogP contribution in [0.3, 0.4) is 0 Å². The number of likely N-dealkylation sites (tertiary alicyclic amines) is 1. The second-order valence-electron chi connectivity index (χ2n) is 3.73. The normalized spacial score (nSPS) is 23.3. The predicted molar refractivity (Wildman–Crippen MR) is 52.8 cm³/mol. The highest BCUT2D eigenvalue weighted by Gasteiger charge is 2.26. The molecule has 0 bridgehead atoms. The summed E-state index contributed by atoms with van der Waals surface area (Å²) in [5.74, 6) is 0.369. The van der Waals surface area contributed by atoms with Gasteiger partial charge in [0.2, 0.25) is 5.91 Å². The molecule has 1 rings (SSSR count). The van der Waals surface area contributed by atoms with Crippen LogP contribution >= 0.6 is 0 Å². The van der Waals surface area contributed by atoms with Crippen LogP contribution in [0.2, 0.25) is 0 Å². The lowest BCUT2D eigenvalue weighted by Crippen LogP contribution is -2.44. The maximum Gasteiger partial charge on any atom is 0.225 e. The zero-order chi connectivity index (χ0) is 10.6. The third kappa shape index (κ3) is 2.69. The molecule has 0 N–H and O–H groups in total. The fourth-order valence-corrected chi connectivity index (χ4v) is 1.74. The second kappa shape index (κ2) is 5.32. The fourth-order valence-electron chi connectivity index (χ4n) is 1.74. The van der Waals surface area contributed by atoms with Gasteiger partial charge in [0.15, 0.2) is 6.29 Å². The third-order valence-electron chi connectivity index (χ3n) is 2.69. The van der Waals surface area contributed by atoms with Gasteiger partial charge in [0.1, 0.15) is 0 Å². The minimum absolute atomic E-state index is 0.151. The topological polar surface area (TPSA) is 38.8 Å². The summed E-state index contributed by atoms with van der Waals surface area (Å²) in [6, 6.07) is 0. The van der Waals surface area contributed by atoms with E-state index in [1.807, 2.05) is 11.8 Å².